The van der Waals surface area contributed by atoms with Gasteiger partial charge in [-0.15, -0.1) is 5.10 Å². The van der Waals surface area contributed by atoms with Crippen LogP contribution in [0.1, 0.15) is 5.56 Å². The van der Waals surface area contributed by atoms with Crippen molar-refractivity contribution in [3.8, 4) is 22.8 Å². The van der Waals surface area contributed by atoms with Gasteiger partial charge >= 0.3 is 0 Å². The molecule has 30 heavy (non-hydrogen) atoms. The van der Waals surface area contributed by atoms with E-state index in [4.69, 9.17) is 15.2 Å². The van der Waals surface area contributed by atoms with Crippen molar-refractivity contribution in [3.63, 3.8) is 0 Å². The van der Waals surface area contributed by atoms with Crippen LogP contribution in [0.15, 0.2) is 53.7 Å². The van der Waals surface area contributed by atoms with Crippen molar-refractivity contribution in [1.82, 2.24) is 19.7 Å². The fourth-order valence-electron chi connectivity index (χ4n) is 3.33. The van der Waals surface area contributed by atoms with Gasteiger partial charge in [0.1, 0.15) is 5.82 Å². The van der Waals surface area contributed by atoms with E-state index in [1.165, 1.54) is 0 Å². The maximum Gasteiger partial charge on any atom is 0.249 e. The van der Waals surface area contributed by atoms with Crippen LogP contribution in [0.3, 0.4) is 0 Å². The van der Waals surface area contributed by atoms with E-state index in [-0.39, 0.29) is 17.6 Å². The molecule has 0 saturated carbocycles. The Morgan fingerprint density at radius 2 is 1.83 bits per heavy atom. The SMILES string of the molecule is CS(=O)(=O)c1nc(-c2ccc3c(c2)OCO3)c2c(N)n(Cc3ccccc3)nc2n1. The molecule has 0 amide bonds. The molecule has 0 atom stereocenters. The molecule has 0 radical (unpaired) electrons. The average molecular weight is 423 g/mol. The summed E-state index contributed by atoms with van der Waals surface area (Å²) in [6.45, 7) is 0.543. The summed E-state index contributed by atoms with van der Waals surface area (Å²) in [6.07, 6.45) is 1.06. The normalized spacial score (nSPS) is 13.1. The molecular formula is C20H17N5O4S. The van der Waals surface area contributed by atoms with Gasteiger partial charge in [0.05, 0.1) is 17.6 Å². The van der Waals surface area contributed by atoms with E-state index >= 15 is 0 Å². The lowest BCUT2D eigenvalue weighted by Crippen LogP contribution is -2.06. The predicted octanol–water partition coefficient (Wildman–Crippen LogP) is 2.26. The second-order valence-electron chi connectivity index (χ2n) is 6.92. The van der Waals surface area contributed by atoms with Gasteiger partial charge in [0.25, 0.3) is 0 Å². The minimum atomic E-state index is -3.67. The molecule has 0 bridgehead atoms. The highest BCUT2D eigenvalue weighted by atomic mass is 32.2. The maximum absolute atomic E-state index is 12.2. The number of nitrogens with zero attached hydrogens (tertiary/aromatic N) is 4. The van der Waals surface area contributed by atoms with E-state index < -0.39 is 9.84 Å². The number of hydrogen-bond donors (Lipinski definition) is 1. The Morgan fingerprint density at radius 3 is 2.60 bits per heavy atom. The fraction of sp³-hybridized carbons (Fsp3) is 0.150. The summed E-state index contributed by atoms with van der Waals surface area (Å²) in [5, 5.41) is 4.63. The molecule has 3 heterocycles. The molecule has 10 heteroatoms. The van der Waals surface area contributed by atoms with Crippen molar-refractivity contribution < 1.29 is 17.9 Å². The third kappa shape index (κ3) is 3.11. The first-order chi connectivity index (χ1) is 14.4. The van der Waals surface area contributed by atoms with Crippen molar-refractivity contribution >= 4 is 26.7 Å². The van der Waals surface area contributed by atoms with Crippen molar-refractivity contribution in [2.45, 2.75) is 11.7 Å². The molecule has 9 nitrogen and oxygen atoms in total. The van der Waals surface area contributed by atoms with Crippen LogP contribution in [0.2, 0.25) is 0 Å². The molecule has 5 rings (SSSR count). The van der Waals surface area contributed by atoms with Crippen LogP contribution in [-0.2, 0) is 16.4 Å². The van der Waals surface area contributed by atoms with Crippen molar-refractivity contribution in [2.75, 3.05) is 18.8 Å². The first-order valence-electron chi connectivity index (χ1n) is 9.08. The Balaban J connectivity index is 1.73. The van der Waals surface area contributed by atoms with Crippen LogP contribution in [0.5, 0.6) is 11.5 Å². The summed E-state index contributed by atoms with van der Waals surface area (Å²) in [6, 6.07) is 14.9. The lowest BCUT2D eigenvalue weighted by Gasteiger charge is -2.07. The standard InChI is InChI=1S/C20H17N5O4S/c1-30(26,27)20-22-17(13-7-8-14-15(9-13)29-11-28-14)16-18(21)25(24-19(16)23-20)10-12-5-3-2-4-6-12/h2-9H,10-11,21H2,1H3. The van der Waals surface area contributed by atoms with Gasteiger partial charge in [-0.3, -0.25) is 0 Å². The van der Waals surface area contributed by atoms with Crippen LogP contribution in [0, 0.1) is 0 Å². The molecule has 2 aromatic carbocycles. The summed E-state index contributed by atoms with van der Waals surface area (Å²) >= 11 is 0. The molecule has 2 N–H and O–H groups in total. The quantitative estimate of drug-likeness (QED) is 0.496. The zero-order valence-electron chi connectivity index (χ0n) is 15.9. The Labute approximate surface area is 172 Å². The first kappa shape index (κ1) is 18.4. The van der Waals surface area contributed by atoms with Gasteiger partial charge in [0, 0.05) is 11.8 Å². The smallest absolute Gasteiger partial charge is 0.249 e. The average Bonchev–Trinajstić information content (AvgIpc) is 3.31. The first-order valence-corrected chi connectivity index (χ1v) is 11.0. The number of anilines is 1. The number of ether oxygens (including phenoxy) is 2. The second-order valence-corrected chi connectivity index (χ2v) is 8.83. The number of aromatic nitrogens is 4. The van der Waals surface area contributed by atoms with Gasteiger partial charge < -0.3 is 15.2 Å². The van der Waals surface area contributed by atoms with E-state index in [1.54, 1.807) is 22.9 Å². The highest BCUT2D eigenvalue weighted by Gasteiger charge is 2.23. The maximum atomic E-state index is 12.2. The molecule has 152 valence electrons. The van der Waals surface area contributed by atoms with Crippen molar-refractivity contribution in [2.24, 2.45) is 0 Å². The van der Waals surface area contributed by atoms with E-state index in [0.717, 1.165) is 11.8 Å². The fourth-order valence-corrected chi connectivity index (χ4v) is 3.84. The molecule has 0 aliphatic carbocycles. The van der Waals surface area contributed by atoms with E-state index in [2.05, 4.69) is 15.1 Å². The summed E-state index contributed by atoms with van der Waals surface area (Å²) < 4.78 is 36.8. The van der Waals surface area contributed by atoms with Gasteiger partial charge in [0.15, 0.2) is 17.1 Å². The van der Waals surface area contributed by atoms with Crippen LogP contribution in [0.4, 0.5) is 5.82 Å². The lowest BCUT2D eigenvalue weighted by atomic mass is 10.1. The Bertz CT molecular complexity index is 1380. The third-order valence-electron chi connectivity index (χ3n) is 4.77. The predicted molar refractivity (Wildman–Crippen MR) is 110 cm³/mol. The van der Waals surface area contributed by atoms with E-state index in [9.17, 15) is 8.42 Å². The summed E-state index contributed by atoms with van der Waals surface area (Å²) in [5.74, 6) is 1.51. The Kier molecular flexibility index (Phi) is 4.10. The monoisotopic (exact) mass is 423 g/mol. The largest absolute Gasteiger partial charge is 0.454 e. The van der Waals surface area contributed by atoms with Gasteiger partial charge in [-0.25, -0.2) is 18.1 Å². The number of benzene rings is 2. The molecule has 1 aliphatic heterocycles. The van der Waals surface area contributed by atoms with Crippen molar-refractivity contribution in [1.29, 1.82) is 0 Å². The minimum absolute atomic E-state index is 0.129. The molecule has 2 aromatic heterocycles. The van der Waals surface area contributed by atoms with Gasteiger partial charge in [0.2, 0.25) is 21.8 Å². The van der Waals surface area contributed by atoms with Crippen LogP contribution in [-0.4, -0.2) is 41.2 Å². The molecule has 0 saturated heterocycles. The van der Waals surface area contributed by atoms with Crippen LogP contribution in [0.25, 0.3) is 22.3 Å². The summed E-state index contributed by atoms with van der Waals surface area (Å²) in [7, 11) is -3.67. The number of hydrogen-bond acceptors (Lipinski definition) is 8. The molecule has 0 fully saturated rings. The van der Waals surface area contributed by atoms with E-state index in [0.29, 0.717) is 40.5 Å². The molecular weight excluding hydrogens is 406 g/mol. The van der Waals surface area contributed by atoms with Crippen LogP contribution >= 0.6 is 0 Å². The number of rotatable bonds is 4. The Hall–Kier alpha value is -3.66. The van der Waals surface area contributed by atoms with Gasteiger partial charge in [-0.2, -0.15) is 4.98 Å². The topological polar surface area (TPSA) is 122 Å². The minimum Gasteiger partial charge on any atom is -0.454 e. The third-order valence-corrected chi connectivity index (χ3v) is 5.62. The molecule has 0 spiro atoms. The lowest BCUT2D eigenvalue weighted by molar-refractivity contribution is 0.174. The second kappa shape index (κ2) is 6.70. The zero-order valence-corrected chi connectivity index (χ0v) is 16.8. The van der Waals surface area contributed by atoms with Crippen LogP contribution < -0.4 is 15.2 Å². The number of nitrogen functional groups attached to an aromatic ring is 1. The van der Waals surface area contributed by atoms with Gasteiger partial charge in [-0.05, 0) is 23.8 Å². The van der Waals surface area contributed by atoms with Crippen molar-refractivity contribution in [3.05, 3.63) is 54.1 Å². The number of sulfone groups is 1. The summed E-state index contributed by atoms with van der Waals surface area (Å²) in [5.41, 5.74) is 8.62. The summed E-state index contributed by atoms with van der Waals surface area (Å²) in [4.78, 5) is 8.48. The molecule has 0 unspecified atom stereocenters. The van der Waals surface area contributed by atoms with Gasteiger partial charge in [-0.1, -0.05) is 30.3 Å². The number of nitrogens with two attached hydrogens (primary N) is 1. The molecule has 1 aliphatic rings. The highest BCUT2D eigenvalue weighted by Crippen LogP contribution is 2.38. The van der Waals surface area contributed by atoms with E-state index in [1.807, 2.05) is 30.3 Å². The zero-order chi connectivity index (χ0) is 20.9. The Morgan fingerprint density at radius 1 is 1.07 bits per heavy atom. The number of fused-ring (bicyclic) bond motifs is 2. The highest BCUT2D eigenvalue weighted by molar-refractivity contribution is 7.90. The molecule has 4 aromatic rings.